The normalized spacial score (nSPS) is 11.5. The first-order valence-corrected chi connectivity index (χ1v) is 10.1. The van der Waals surface area contributed by atoms with Crippen LogP contribution in [0.1, 0.15) is 5.56 Å². The van der Waals surface area contributed by atoms with E-state index in [0.29, 0.717) is 0 Å². The predicted octanol–water partition coefficient (Wildman–Crippen LogP) is 6.70. The van der Waals surface area contributed by atoms with E-state index in [1.54, 1.807) is 0 Å². The van der Waals surface area contributed by atoms with Gasteiger partial charge in [0.1, 0.15) is 5.82 Å². The van der Waals surface area contributed by atoms with Crippen LogP contribution in [-0.4, -0.2) is 14.5 Å². The highest BCUT2D eigenvalue weighted by Crippen LogP contribution is 2.40. The average Bonchev–Trinajstić information content (AvgIpc) is 3.14. The molecule has 30 heavy (non-hydrogen) atoms. The van der Waals surface area contributed by atoms with Gasteiger partial charge in [0.25, 0.3) is 0 Å². The second kappa shape index (κ2) is 6.53. The van der Waals surface area contributed by atoms with Gasteiger partial charge in [-0.25, -0.2) is 9.97 Å². The number of pyridine rings is 2. The third-order valence-corrected chi connectivity index (χ3v) is 5.68. The lowest BCUT2D eigenvalue weighted by atomic mass is 10.0. The van der Waals surface area contributed by atoms with Crippen molar-refractivity contribution >= 4 is 32.7 Å². The lowest BCUT2D eigenvalue weighted by Crippen LogP contribution is -1.99. The summed E-state index contributed by atoms with van der Waals surface area (Å²) >= 11 is 0. The third kappa shape index (κ3) is 2.45. The van der Waals surface area contributed by atoms with Crippen molar-refractivity contribution in [1.82, 2.24) is 14.5 Å². The maximum atomic E-state index is 5.13. The second-order valence-corrected chi connectivity index (χ2v) is 7.61. The van der Waals surface area contributed by atoms with Crippen molar-refractivity contribution in [2.75, 3.05) is 0 Å². The third-order valence-electron chi connectivity index (χ3n) is 5.68. The van der Waals surface area contributed by atoms with Gasteiger partial charge in [0, 0.05) is 27.9 Å². The van der Waals surface area contributed by atoms with E-state index in [1.165, 1.54) is 16.3 Å². The molecule has 3 nitrogen and oxygen atoms in total. The van der Waals surface area contributed by atoms with Crippen LogP contribution >= 0.6 is 0 Å². The summed E-state index contributed by atoms with van der Waals surface area (Å²) in [5.41, 5.74) is 6.56. The summed E-state index contributed by atoms with van der Waals surface area (Å²) in [6.07, 6.45) is 1.85. The fraction of sp³-hybridized carbons (Fsp3) is 0.0370. The molecule has 0 unspecified atom stereocenters. The Balaban J connectivity index is 1.93. The van der Waals surface area contributed by atoms with E-state index in [0.717, 1.165) is 39.0 Å². The molecule has 0 atom stereocenters. The molecular formula is C27H19N3. The smallest absolute Gasteiger partial charge is 0.137 e. The number of nitrogens with zero attached hydrogens (tertiary/aromatic N) is 3. The van der Waals surface area contributed by atoms with Gasteiger partial charge in [-0.05, 0) is 37.3 Å². The molecule has 3 heteroatoms. The Morgan fingerprint density at radius 1 is 0.733 bits per heavy atom. The first-order valence-electron chi connectivity index (χ1n) is 10.1. The molecule has 0 spiro atoms. The number of rotatable bonds is 2. The van der Waals surface area contributed by atoms with Crippen LogP contribution in [0, 0.1) is 6.92 Å². The molecule has 0 fully saturated rings. The molecule has 142 valence electrons. The summed E-state index contributed by atoms with van der Waals surface area (Å²) in [5, 5.41) is 3.62. The first-order chi connectivity index (χ1) is 14.8. The minimum Gasteiger partial charge on any atom is -0.292 e. The number of fused-ring (bicyclic) bond motifs is 5. The number of aryl methyl sites for hydroxylation is 1. The van der Waals surface area contributed by atoms with Crippen molar-refractivity contribution in [2.24, 2.45) is 0 Å². The largest absolute Gasteiger partial charge is 0.292 e. The van der Waals surface area contributed by atoms with Crippen LogP contribution in [0.4, 0.5) is 0 Å². The highest BCUT2D eigenvalue weighted by molar-refractivity contribution is 6.23. The fourth-order valence-corrected chi connectivity index (χ4v) is 4.38. The highest BCUT2D eigenvalue weighted by atomic mass is 15.1. The molecule has 0 bridgehead atoms. The van der Waals surface area contributed by atoms with Crippen LogP contribution in [0.25, 0.3) is 49.8 Å². The van der Waals surface area contributed by atoms with E-state index < -0.39 is 0 Å². The van der Waals surface area contributed by atoms with Crippen LogP contribution in [-0.2, 0) is 0 Å². The average molecular weight is 385 g/mol. The molecule has 6 rings (SSSR count). The molecule has 0 saturated carbocycles. The minimum atomic E-state index is 0.899. The van der Waals surface area contributed by atoms with E-state index >= 15 is 0 Å². The van der Waals surface area contributed by atoms with E-state index in [1.807, 2.05) is 24.4 Å². The Morgan fingerprint density at radius 3 is 2.37 bits per heavy atom. The Kier molecular flexibility index (Phi) is 3.68. The van der Waals surface area contributed by atoms with E-state index in [4.69, 9.17) is 9.97 Å². The number of aromatic nitrogens is 3. The maximum absolute atomic E-state index is 5.13. The van der Waals surface area contributed by atoms with E-state index in [2.05, 4.69) is 84.3 Å². The van der Waals surface area contributed by atoms with Crippen molar-refractivity contribution in [3.05, 3.63) is 103 Å². The SMILES string of the molecule is Cc1ccc2c(c1)c1c3ccccc3nc(-c3ccccc3)c1n2-c1ccccn1. The Bertz CT molecular complexity index is 1530. The Hall–Kier alpha value is -3.98. The standard InChI is InChI=1S/C27H19N3/c1-18-14-15-23-21(17-18)25-20-11-5-6-12-22(20)29-26(19-9-3-2-4-10-19)27(25)30(23)24-13-7-8-16-28-24/h2-17H,1H3. The molecule has 0 N–H and O–H groups in total. The van der Waals surface area contributed by atoms with Gasteiger partial charge in [0.05, 0.1) is 22.2 Å². The summed E-state index contributed by atoms with van der Waals surface area (Å²) in [6.45, 7) is 2.14. The number of hydrogen-bond acceptors (Lipinski definition) is 2. The zero-order valence-electron chi connectivity index (χ0n) is 16.6. The van der Waals surface area contributed by atoms with Gasteiger partial charge in [-0.2, -0.15) is 0 Å². The minimum absolute atomic E-state index is 0.899. The maximum Gasteiger partial charge on any atom is 0.137 e. The first kappa shape index (κ1) is 16.9. The summed E-state index contributed by atoms with van der Waals surface area (Å²) < 4.78 is 2.26. The topological polar surface area (TPSA) is 30.7 Å². The Labute approximate surface area is 174 Å². The molecule has 0 aliphatic carbocycles. The molecular weight excluding hydrogens is 366 g/mol. The Morgan fingerprint density at radius 2 is 1.53 bits per heavy atom. The van der Waals surface area contributed by atoms with Crippen molar-refractivity contribution in [3.8, 4) is 17.1 Å². The van der Waals surface area contributed by atoms with Gasteiger partial charge in [-0.1, -0.05) is 66.2 Å². The summed E-state index contributed by atoms with van der Waals surface area (Å²) in [5.74, 6) is 0.899. The summed E-state index contributed by atoms with van der Waals surface area (Å²) in [7, 11) is 0. The monoisotopic (exact) mass is 385 g/mol. The van der Waals surface area contributed by atoms with Crippen LogP contribution in [0.5, 0.6) is 0 Å². The number of hydrogen-bond donors (Lipinski definition) is 0. The van der Waals surface area contributed by atoms with E-state index in [9.17, 15) is 0 Å². The van der Waals surface area contributed by atoms with Crippen LogP contribution in [0.2, 0.25) is 0 Å². The zero-order chi connectivity index (χ0) is 20.1. The van der Waals surface area contributed by atoms with Crippen LogP contribution < -0.4 is 0 Å². The molecule has 6 aromatic rings. The summed E-state index contributed by atoms with van der Waals surface area (Å²) in [4.78, 5) is 9.82. The van der Waals surface area contributed by atoms with Crippen molar-refractivity contribution in [1.29, 1.82) is 0 Å². The lowest BCUT2D eigenvalue weighted by molar-refractivity contribution is 1.08. The summed E-state index contributed by atoms with van der Waals surface area (Å²) in [6, 6.07) is 31.5. The van der Waals surface area contributed by atoms with Gasteiger partial charge in [-0.3, -0.25) is 4.57 Å². The molecule has 0 radical (unpaired) electrons. The zero-order valence-corrected chi connectivity index (χ0v) is 16.6. The fourth-order valence-electron chi connectivity index (χ4n) is 4.38. The molecule has 0 aliphatic heterocycles. The molecule has 0 aliphatic rings. The van der Waals surface area contributed by atoms with Crippen molar-refractivity contribution in [2.45, 2.75) is 6.92 Å². The molecule has 0 amide bonds. The second-order valence-electron chi connectivity index (χ2n) is 7.61. The molecule has 0 saturated heterocycles. The van der Waals surface area contributed by atoms with Gasteiger partial charge >= 0.3 is 0 Å². The number of benzene rings is 3. The molecule has 3 aromatic heterocycles. The molecule has 3 heterocycles. The van der Waals surface area contributed by atoms with Gasteiger partial charge < -0.3 is 0 Å². The van der Waals surface area contributed by atoms with Gasteiger partial charge in [0.2, 0.25) is 0 Å². The van der Waals surface area contributed by atoms with Gasteiger partial charge in [0.15, 0.2) is 0 Å². The highest BCUT2D eigenvalue weighted by Gasteiger charge is 2.20. The van der Waals surface area contributed by atoms with Crippen LogP contribution in [0.3, 0.4) is 0 Å². The van der Waals surface area contributed by atoms with Gasteiger partial charge in [-0.15, -0.1) is 0 Å². The number of para-hydroxylation sites is 1. The van der Waals surface area contributed by atoms with Crippen LogP contribution in [0.15, 0.2) is 97.2 Å². The van der Waals surface area contributed by atoms with Crippen molar-refractivity contribution < 1.29 is 0 Å². The molecule has 3 aromatic carbocycles. The van der Waals surface area contributed by atoms with E-state index in [-0.39, 0.29) is 0 Å². The lowest BCUT2D eigenvalue weighted by Gasteiger charge is -2.11. The quantitative estimate of drug-likeness (QED) is 0.332. The predicted molar refractivity (Wildman–Crippen MR) is 124 cm³/mol. The van der Waals surface area contributed by atoms with Crippen molar-refractivity contribution in [3.63, 3.8) is 0 Å².